The van der Waals surface area contributed by atoms with Gasteiger partial charge in [-0.1, -0.05) is 11.8 Å². The molecule has 0 amide bonds. The van der Waals surface area contributed by atoms with E-state index in [2.05, 4.69) is 9.97 Å². The molecule has 0 spiro atoms. The van der Waals surface area contributed by atoms with Crippen LogP contribution in [0.25, 0.3) is 11.2 Å². The maximum Gasteiger partial charge on any atom is 0.280 e. The molecule has 0 aromatic carbocycles. The molecule has 0 saturated heterocycles. The van der Waals surface area contributed by atoms with Crippen molar-refractivity contribution >= 4 is 35.1 Å². The van der Waals surface area contributed by atoms with Crippen LogP contribution in [0.1, 0.15) is 0 Å². The molecule has 0 unspecified atom stereocenters. The van der Waals surface area contributed by atoms with Crippen molar-refractivity contribution in [3.05, 3.63) is 15.1 Å². The molecule has 0 fully saturated rings. The number of H-pyrrole nitrogens is 1. The van der Waals surface area contributed by atoms with Crippen molar-refractivity contribution in [2.45, 2.75) is 5.16 Å². The lowest BCUT2D eigenvalue weighted by atomic mass is 10.5. The number of hydrogen-bond donors (Lipinski definition) is 1. The fourth-order valence-electron chi connectivity index (χ4n) is 1.40. The van der Waals surface area contributed by atoms with Crippen LogP contribution in [-0.4, -0.2) is 25.4 Å². The number of rotatable bonds is 1. The number of aromatic amines is 1. The number of fused-ring (bicyclic) bond motifs is 1. The summed E-state index contributed by atoms with van der Waals surface area (Å²) in [6, 6.07) is 0. The zero-order valence-corrected chi connectivity index (χ0v) is 10.2. The van der Waals surface area contributed by atoms with Crippen LogP contribution in [0.5, 0.6) is 0 Å². The van der Waals surface area contributed by atoms with E-state index >= 15 is 0 Å². The first-order chi connectivity index (χ1) is 7.06. The lowest BCUT2D eigenvalue weighted by molar-refractivity contribution is 0.741. The number of hydrogen-bond acceptors (Lipinski definition) is 4. The molecule has 0 saturated carbocycles. The normalized spacial score (nSPS) is 11.1. The average molecular weight is 242 g/mol. The van der Waals surface area contributed by atoms with Crippen LogP contribution in [0.2, 0.25) is 0 Å². The Balaban J connectivity index is 3.04. The molecular weight excluding hydrogens is 232 g/mol. The first kappa shape index (κ1) is 10.4. The summed E-state index contributed by atoms with van der Waals surface area (Å²) in [5.74, 6) is 0. The molecule has 2 aromatic heterocycles. The van der Waals surface area contributed by atoms with E-state index in [0.29, 0.717) is 15.9 Å². The predicted molar refractivity (Wildman–Crippen MR) is 62.9 cm³/mol. The molecule has 15 heavy (non-hydrogen) atoms. The first-order valence-corrected chi connectivity index (χ1v) is 5.89. The van der Waals surface area contributed by atoms with Crippen molar-refractivity contribution in [3.63, 3.8) is 0 Å². The highest BCUT2D eigenvalue weighted by Gasteiger charge is 2.10. The second-order valence-electron chi connectivity index (χ2n) is 3.15. The van der Waals surface area contributed by atoms with Gasteiger partial charge in [0.1, 0.15) is 0 Å². The average Bonchev–Trinajstić information content (AvgIpc) is 2.67. The van der Waals surface area contributed by atoms with E-state index in [9.17, 15) is 4.79 Å². The summed E-state index contributed by atoms with van der Waals surface area (Å²) in [5, 5.41) is 0.721. The zero-order valence-electron chi connectivity index (χ0n) is 8.57. The Bertz CT molecular complexity index is 636. The van der Waals surface area contributed by atoms with Crippen LogP contribution in [-0.2, 0) is 14.1 Å². The van der Waals surface area contributed by atoms with Gasteiger partial charge in [0.2, 0.25) is 0 Å². The summed E-state index contributed by atoms with van der Waals surface area (Å²) in [5.41, 5.74) is 0.964. The van der Waals surface area contributed by atoms with Gasteiger partial charge in [-0.15, -0.1) is 0 Å². The highest BCUT2D eigenvalue weighted by molar-refractivity contribution is 7.98. The minimum atomic E-state index is -0.138. The van der Waals surface area contributed by atoms with E-state index in [1.807, 2.05) is 6.26 Å². The van der Waals surface area contributed by atoms with Crippen LogP contribution in [0.3, 0.4) is 0 Å². The Morgan fingerprint density at radius 1 is 1.40 bits per heavy atom. The van der Waals surface area contributed by atoms with E-state index < -0.39 is 0 Å². The number of aromatic nitrogens is 4. The van der Waals surface area contributed by atoms with Crippen LogP contribution in [0, 0.1) is 4.77 Å². The highest BCUT2D eigenvalue weighted by Crippen LogP contribution is 2.14. The van der Waals surface area contributed by atoms with E-state index in [4.69, 9.17) is 12.2 Å². The first-order valence-electron chi connectivity index (χ1n) is 4.26. The third-order valence-electron chi connectivity index (χ3n) is 2.27. The Kier molecular flexibility index (Phi) is 2.43. The third kappa shape index (κ3) is 1.42. The van der Waals surface area contributed by atoms with Crippen molar-refractivity contribution in [1.29, 1.82) is 0 Å². The molecule has 7 heteroatoms. The summed E-state index contributed by atoms with van der Waals surface area (Å²) in [4.78, 5) is 19.1. The second kappa shape index (κ2) is 3.49. The number of thioether (sulfide) groups is 1. The van der Waals surface area contributed by atoms with E-state index in [1.165, 1.54) is 16.3 Å². The fourth-order valence-corrected chi connectivity index (χ4v) is 1.95. The molecule has 2 heterocycles. The van der Waals surface area contributed by atoms with Crippen molar-refractivity contribution in [2.75, 3.05) is 6.26 Å². The number of imidazole rings is 1. The van der Waals surface area contributed by atoms with Gasteiger partial charge < -0.3 is 9.55 Å². The van der Waals surface area contributed by atoms with Crippen LogP contribution < -0.4 is 5.56 Å². The lowest BCUT2D eigenvalue weighted by Crippen LogP contribution is -2.21. The van der Waals surface area contributed by atoms with E-state index in [1.54, 1.807) is 18.7 Å². The summed E-state index contributed by atoms with van der Waals surface area (Å²) in [6.45, 7) is 0. The van der Waals surface area contributed by atoms with Gasteiger partial charge in [-0.25, -0.2) is 4.98 Å². The van der Waals surface area contributed by atoms with E-state index in [0.717, 1.165) is 5.16 Å². The smallest absolute Gasteiger partial charge is 0.280 e. The van der Waals surface area contributed by atoms with E-state index in [-0.39, 0.29) is 5.56 Å². The molecule has 5 nitrogen and oxygen atoms in total. The summed E-state index contributed by atoms with van der Waals surface area (Å²) in [6.07, 6.45) is 1.90. The minimum Gasteiger partial charge on any atom is -0.327 e. The number of nitrogens with zero attached hydrogens (tertiary/aromatic N) is 3. The molecule has 0 aliphatic heterocycles. The lowest BCUT2D eigenvalue weighted by Gasteiger charge is -2.03. The molecule has 1 N–H and O–H groups in total. The van der Waals surface area contributed by atoms with Gasteiger partial charge in [-0.2, -0.15) is 0 Å². The summed E-state index contributed by atoms with van der Waals surface area (Å²) in [7, 11) is 3.46. The molecule has 0 radical (unpaired) electrons. The van der Waals surface area contributed by atoms with Crippen LogP contribution in [0.4, 0.5) is 0 Å². The van der Waals surface area contributed by atoms with Gasteiger partial charge in [-0.05, 0) is 18.5 Å². The number of nitrogens with one attached hydrogen (secondary N) is 1. The zero-order chi connectivity index (χ0) is 11.2. The van der Waals surface area contributed by atoms with Gasteiger partial charge in [0.15, 0.2) is 21.1 Å². The Hall–Kier alpha value is -1.08. The summed E-state index contributed by atoms with van der Waals surface area (Å²) < 4.78 is 3.62. The second-order valence-corrected chi connectivity index (χ2v) is 4.31. The van der Waals surface area contributed by atoms with Gasteiger partial charge in [-0.3, -0.25) is 9.36 Å². The van der Waals surface area contributed by atoms with Gasteiger partial charge >= 0.3 is 0 Å². The molecule has 0 atom stereocenters. The molecule has 0 aliphatic rings. The maximum absolute atomic E-state index is 11.8. The standard InChI is InChI=1S/C8H10N4OS2/c1-11-5-4(9-7(10-5)15-3)6(13)12(2)8(11)14/h1-3H3,(H,9,10). The number of aryl methyl sites for hydroxylation is 1. The highest BCUT2D eigenvalue weighted by atomic mass is 32.2. The van der Waals surface area contributed by atoms with Crippen molar-refractivity contribution in [3.8, 4) is 0 Å². The Labute approximate surface area is 95.1 Å². The molecule has 0 aliphatic carbocycles. The molecule has 2 aromatic rings. The fraction of sp³-hybridized carbons (Fsp3) is 0.375. The molecule has 0 bridgehead atoms. The largest absolute Gasteiger partial charge is 0.327 e. The Morgan fingerprint density at radius 3 is 2.67 bits per heavy atom. The van der Waals surface area contributed by atoms with Crippen molar-refractivity contribution < 1.29 is 0 Å². The molecular formula is C8H10N4OS2. The molecule has 80 valence electrons. The maximum atomic E-state index is 11.8. The quantitative estimate of drug-likeness (QED) is 0.600. The summed E-state index contributed by atoms with van der Waals surface area (Å²) >= 11 is 6.58. The van der Waals surface area contributed by atoms with Gasteiger partial charge in [0.05, 0.1) is 0 Å². The van der Waals surface area contributed by atoms with Gasteiger partial charge in [0.25, 0.3) is 5.56 Å². The SMILES string of the molecule is CSc1nc2c([nH]1)c(=O)n(C)c(=S)n2C. The third-order valence-corrected chi connectivity index (χ3v) is 3.39. The van der Waals surface area contributed by atoms with Crippen molar-refractivity contribution in [2.24, 2.45) is 14.1 Å². The monoisotopic (exact) mass is 242 g/mol. The predicted octanol–water partition coefficient (Wildman–Crippen LogP) is 1.05. The Morgan fingerprint density at radius 2 is 2.07 bits per heavy atom. The van der Waals surface area contributed by atoms with Gasteiger partial charge in [0, 0.05) is 14.1 Å². The molecule has 2 rings (SSSR count). The topological polar surface area (TPSA) is 55.6 Å². The van der Waals surface area contributed by atoms with Crippen molar-refractivity contribution in [1.82, 2.24) is 19.1 Å². The minimum absolute atomic E-state index is 0.138. The van der Waals surface area contributed by atoms with Crippen LogP contribution in [0.15, 0.2) is 9.95 Å². The van der Waals surface area contributed by atoms with Crippen LogP contribution >= 0.6 is 24.0 Å².